The molecule has 2 aromatic heterocycles. The van der Waals surface area contributed by atoms with Crippen molar-refractivity contribution >= 4 is 23.3 Å². The fraction of sp³-hybridized carbons (Fsp3) is 0.515. The summed E-state index contributed by atoms with van der Waals surface area (Å²) >= 11 is 0. The largest absolute Gasteiger partial charge is 0.507 e. The number of benzene rings is 1. The predicted molar refractivity (Wildman–Crippen MR) is 172 cm³/mol. The Labute approximate surface area is 264 Å². The van der Waals surface area contributed by atoms with Gasteiger partial charge in [-0.2, -0.15) is 0 Å². The number of phenolic OH excluding ortho intramolecular Hbond substituents is 1. The van der Waals surface area contributed by atoms with Crippen LogP contribution in [0, 0.1) is 0 Å². The van der Waals surface area contributed by atoms with Crippen molar-refractivity contribution in [3.8, 4) is 22.9 Å². The number of ether oxygens (including phenoxy) is 3. The number of nitrogen functional groups attached to an aromatic ring is 1. The number of likely N-dealkylation sites (tertiary alicyclic amines) is 1. The highest BCUT2D eigenvalue weighted by molar-refractivity contribution is 5.74. The highest BCUT2D eigenvalue weighted by atomic mass is 16.6. The van der Waals surface area contributed by atoms with E-state index < -0.39 is 5.60 Å². The minimum atomic E-state index is -0.483. The van der Waals surface area contributed by atoms with Gasteiger partial charge in [0.1, 0.15) is 17.5 Å². The number of hydrogen-bond acceptors (Lipinski definition) is 11. The van der Waals surface area contributed by atoms with Crippen LogP contribution < -0.4 is 20.3 Å². The Bertz CT molecular complexity index is 1480. The van der Waals surface area contributed by atoms with E-state index in [2.05, 4.69) is 25.0 Å². The summed E-state index contributed by atoms with van der Waals surface area (Å²) in [5.74, 6) is 1.15. The van der Waals surface area contributed by atoms with E-state index in [9.17, 15) is 9.90 Å². The van der Waals surface area contributed by atoms with E-state index in [0.717, 1.165) is 63.2 Å². The van der Waals surface area contributed by atoms with Crippen LogP contribution in [0.5, 0.6) is 11.6 Å². The number of anilines is 3. The fourth-order valence-corrected chi connectivity index (χ4v) is 6.00. The maximum Gasteiger partial charge on any atom is 0.410 e. The third-order valence-electron chi connectivity index (χ3n) is 8.50. The van der Waals surface area contributed by atoms with Crippen molar-refractivity contribution in [2.24, 2.45) is 0 Å². The summed E-state index contributed by atoms with van der Waals surface area (Å²) in [4.78, 5) is 23.1. The molecular formula is C33H43N7O5. The van der Waals surface area contributed by atoms with E-state index in [4.69, 9.17) is 19.9 Å². The summed E-state index contributed by atoms with van der Waals surface area (Å²) in [5.41, 5.74) is 8.83. The second kappa shape index (κ2) is 13.0. The van der Waals surface area contributed by atoms with E-state index in [0.29, 0.717) is 36.0 Å². The molecule has 45 heavy (non-hydrogen) atoms. The Morgan fingerprint density at radius 3 is 2.33 bits per heavy atom. The average Bonchev–Trinajstić information content (AvgIpc) is 3.00. The Kier molecular flexibility index (Phi) is 8.84. The van der Waals surface area contributed by atoms with Gasteiger partial charge in [0, 0.05) is 75.6 Å². The van der Waals surface area contributed by atoms with Crippen molar-refractivity contribution in [2.75, 3.05) is 54.8 Å². The van der Waals surface area contributed by atoms with Crippen LogP contribution in [-0.2, 0) is 9.47 Å². The quantitative estimate of drug-likeness (QED) is 0.388. The van der Waals surface area contributed by atoms with Crippen molar-refractivity contribution < 1.29 is 24.1 Å². The van der Waals surface area contributed by atoms with Gasteiger partial charge in [-0.15, -0.1) is 10.2 Å². The molecule has 0 unspecified atom stereocenters. The number of pyridine rings is 1. The van der Waals surface area contributed by atoms with Crippen molar-refractivity contribution in [1.82, 2.24) is 20.1 Å². The maximum absolute atomic E-state index is 12.3. The lowest BCUT2D eigenvalue weighted by Crippen LogP contribution is -2.47. The van der Waals surface area contributed by atoms with Gasteiger partial charge >= 0.3 is 6.09 Å². The number of para-hydroxylation sites is 1. The molecule has 12 heteroatoms. The first-order valence-corrected chi connectivity index (χ1v) is 15.8. The second-order valence-electron chi connectivity index (χ2n) is 13.0. The number of carbonyl (C=O) groups is 1. The number of carbonyl (C=O) groups excluding carboxylic acids is 1. The molecule has 1 aromatic carbocycles. The third kappa shape index (κ3) is 7.50. The molecule has 1 amide bonds. The van der Waals surface area contributed by atoms with Gasteiger partial charge in [-0.05, 0) is 57.9 Å². The van der Waals surface area contributed by atoms with Gasteiger partial charge in [-0.3, -0.25) is 0 Å². The van der Waals surface area contributed by atoms with Gasteiger partial charge in [-0.25, -0.2) is 9.78 Å². The molecule has 0 spiro atoms. The van der Waals surface area contributed by atoms with Crippen molar-refractivity contribution in [3.63, 3.8) is 0 Å². The topological polar surface area (TPSA) is 139 Å². The lowest BCUT2D eigenvalue weighted by atomic mass is 9.91. The number of phenols is 1. The van der Waals surface area contributed by atoms with Gasteiger partial charge in [0.15, 0.2) is 5.82 Å². The molecule has 3 N–H and O–H groups in total. The average molecular weight is 618 g/mol. The van der Waals surface area contributed by atoms with Crippen LogP contribution in [0.1, 0.15) is 46.5 Å². The van der Waals surface area contributed by atoms with Crippen molar-refractivity contribution in [3.05, 3.63) is 48.7 Å². The molecule has 0 atom stereocenters. The van der Waals surface area contributed by atoms with E-state index in [-0.39, 0.29) is 30.2 Å². The molecule has 3 aliphatic rings. The number of aromatic nitrogens is 3. The van der Waals surface area contributed by atoms with Gasteiger partial charge in [0.2, 0.25) is 5.88 Å². The molecule has 6 rings (SSSR count). The molecule has 0 bridgehead atoms. The Morgan fingerprint density at radius 1 is 0.911 bits per heavy atom. The van der Waals surface area contributed by atoms with E-state index >= 15 is 0 Å². The molecule has 3 aromatic rings. The summed E-state index contributed by atoms with van der Waals surface area (Å²) in [6.07, 6.45) is 5.27. The van der Waals surface area contributed by atoms with Crippen LogP contribution in [0.2, 0.25) is 0 Å². The summed E-state index contributed by atoms with van der Waals surface area (Å²) in [6.45, 7) is 10.1. The molecule has 2 saturated heterocycles. The van der Waals surface area contributed by atoms with E-state index in [1.807, 2.05) is 51.1 Å². The smallest absolute Gasteiger partial charge is 0.410 e. The zero-order chi connectivity index (χ0) is 31.6. The van der Waals surface area contributed by atoms with E-state index in [1.54, 1.807) is 23.2 Å². The number of nitrogens with zero attached hydrogens (tertiary/aromatic N) is 6. The third-order valence-corrected chi connectivity index (χ3v) is 8.50. The van der Waals surface area contributed by atoms with Gasteiger partial charge in [0.05, 0.1) is 23.6 Å². The summed E-state index contributed by atoms with van der Waals surface area (Å²) < 4.78 is 18.0. The van der Waals surface area contributed by atoms with Crippen LogP contribution in [0.4, 0.5) is 22.0 Å². The molecule has 12 nitrogen and oxygen atoms in total. The lowest BCUT2D eigenvalue weighted by molar-refractivity contribution is -0.110. The number of rotatable bonds is 7. The summed E-state index contributed by atoms with van der Waals surface area (Å²) in [6, 6.07) is 13.0. The molecule has 3 fully saturated rings. The second-order valence-corrected chi connectivity index (χ2v) is 13.0. The van der Waals surface area contributed by atoms with Crippen LogP contribution in [0.25, 0.3) is 11.3 Å². The lowest BCUT2D eigenvalue weighted by Gasteiger charge is -2.40. The molecule has 4 heterocycles. The number of nitrogens with two attached hydrogens (primary N) is 1. The first-order chi connectivity index (χ1) is 21.6. The zero-order valence-corrected chi connectivity index (χ0v) is 26.3. The van der Waals surface area contributed by atoms with Gasteiger partial charge in [0.25, 0.3) is 0 Å². The highest BCUT2D eigenvalue weighted by Crippen LogP contribution is 2.34. The Hall–Kier alpha value is -4.32. The minimum Gasteiger partial charge on any atom is -0.507 e. The van der Waals surface area contributed by atoms with Crippen LogP contribution in [0.15, 0.2) is 48.7 Å². The number of amides is 1. The first kappa shape index (κ1) is 30.7. The highest BCUT2D eigenvalue weighted by Gasteiger charge is 2.36. The summed E-state index contributed by atoms with van der Waals surface area (Å²) in [7, 11) is 0. The standard InChI is InChI=1S/C33H43N7O5/c1-33(2,3)45-32(42)40-12-9-23(10-13-40)43-24-19-25(20-24)44-30-18-22(8-11-35-30)38-14-16-39(17-15-38)28-21-27(36-37-31(28)34)26-6-4-5-7-29(26)41/h4-8,11,18,21,23-25,41H,9-10,12-17,19-20H2,1-3H3,(H2,34,37). The molecule has 1 aliphatic carbocycles. The Morgan fingerprint density at radius 2 is 1.62 bits per heavy atom. The minimum absolute atomic E-state index is 0.0804. The Balaban J connectivity index is 0.958. The molecule has 2 aliphatic heterocycles. The number of aromatic hydroxyl groups is 1. The molecule has 1 saturated carbocycles. The molecular weight excluding hydrogens is 574 g/mol. The monoisotopic (exact) mass is 617 g/mol. The molecule has 240 valence electrons. The summed E-state index contributed by atoms with van der Waals surface area (Å²) in [5, 5.41) is 18.6. The molecule has 0 radical (unpaired) electrons. The van der Waals surface area contributed by atoms with Crippen LogP contribution >= 0.6 is 0 Å². The van der Waals surface area contributed by atoms with Crippen LogP contribution in [-0.4, -0.2) is 94.5 Å². The van der Waals surface area contributed by atoms with Crippen molar-refractivity contribution in [1.29, 1.82) is 0 Å². The fourth-order valence-electron chi connectivity index (χ4n) is 6.00. The number of piperidine rings is 1. The first-order valence-electron chi connectivity index (χ1n) is 15.8. The van der Waals surface area contributed by atoms with Crippen molar-refractivity contribution in [2.45, 2.75) is 70.4 Å². The zero-order valence-electron chi connectivity index (χ0n) is 26.3. The normalized spacial score (nSPS) is 20.9. The van der Waals surface area contributed by atoms with E-state index in [1.165, 1.54) is 0 Å². The number of hydrogen-bond donors (Lipinski definition) is 2. The van der Waals surface area contributed by atoms with Gasteiger partial charge < -0.3 is 39.8 Å². The predicted octanol–water partition coefficient (Wildman–Crippen LogP) is 4.48. The maximum atomic E-state index is 12.3. The van der Waals surface area contributed by atoms with Crippen LogP contribution in [0.3, 0.4) is 0 Å². The van der Waals surface area contributed by atoms with Gasteiger partial charge in [-0.1, -0.05) is 12.1 Å². The number of piperazine rings is 1. The SMILES string of the molecule is CC(C)(C)OC(=O)N1CCC(OC2CC(Oc3cc(N4CCN(c5cc(-c6ccccc6O)nnc5N)CC4)ccn3)C2)CC1.